The number of anilines is 1. The molecule has 0 heterocycles. The third-order valence-corrected chi connectivity index (χ3v) is 2.55. The van der Waals surface area contributed by atoms with Gasteiger partial charge in [-0.2, -0.15) is 5.26 Å². The van der Waals surface area contributed by atoms with Gasteiger partial charge in [0, 0.05) is 25.9 Å². The van der Waals surface area contributed by atoms with Gasteiger partial charge in [-0.05, 0) is 36.3 Å². The Morgan fingerprint density at radius 3 is 2.72 bits per heavy atom. The number of hydrogen-bond donors (Lipinski definition) is 2. The molecule has 1 rings (SSSR count). The van der Waals surface area contributed by atoms with Gasteiger partial charge in [0.05, 0.1) is 12.5 Å². The highest BCUT2D eigenvalue weighted by atomic mass is 32.1. The summed E-state index contributed by atoms with van der Waals surface area (Å²) < 4.78 is 4.95. The molecule has 2 N–H and O–H groups in total. The number of hydrogen-bond acceptors (Lipinski definition) is 3. The van der Waals surface area contributed by atoms with Crippen LogP contribution in [0.15, 0.2) is 24.3 Å². The molecular formula is C13H17N3OS. The second kappa shape index (κ2) is 8.45. The van der Waals surface area contributed by atoms with E-state index in [1.807, 2.05) is 24.3 Å². The molecule has 0 spiro atoms. The summed E-state index contributed by atoms with van der Waals surface area (Å²) in [5.74, 6) is 0. The fraction of sp³-hybridized carbons (Fsp3) is 0.385. The molecule has 1 aromatic carbocycles. The molecule has 0 saturated heterocycles. The zero-order valence-corrected chi connectivity index (χ0v) is 11.2. The van der Waals surface area contributed by atoms with E-state index in [9.17, 15) is 0 Å². The van der Waals surface area contributed by atoms with Crippen molar-refractivity contribution in [3.63, 3.8) is 0 Å². The lowest BCUT2D eigenvalue weighted by Crippen LogP contribution is -2.29. The first-order valence-corrected chi connectivity index (χ1v) is 6.16. The molecule has 0 atom stereocenters. The van der Waals surface area contributed by atoms with Crippen LogP contribution in [-0.4, -0.2) is 25.4 Å². The predicted molar refractivity (Wildman–Crippen MR) is 76.5 cm³/mol. The van der Waals surface area contributed by atoms with Crippen LogP contribution < -0.4 is 10.6 Å². The largest absolute Gasteiger partial charge is 0.385 e. The van der Waals surface area contributed by atoms with Crippen molar-refractivity contribution in [1.29, 1.82) is 5.26 Å². The van der Waals surface area contributed by atoms with E-state index in [-0.39, 0.29) is 0 Å². The number of nitrogens with one attached hydrogen (secondary N) is 2. The maximum atomic E-state index is 8.57. The maximum Gasteiger partial charge on any atom is 0.170 e. The van der Waals surface area contributed by atoms with Crippen LogP contribution in [0.5, 0.6) is 0 Å². The van der Waals surface area contributed by atoms with Crippen molar-refractivity contribution in [2.75, 3.05) is 25.6 Å². The van der Waals surface area contributed by atoms with Crippen molar-refractivity contribution < 1.29 is 4.74 Å². The summed E-state index contributed by atoms with van der Waals surface area (Å²) >= 11 is 5.15. The Morgan fingerprint density at radius 1 is 1.39 bits per heavy atom. The smallest absolute Gasteiger partial charge is 0.170 e. The minimum absolute atomic E-state index is 0.431. The number of nitriles is 1. The summed E-state index contributed by atoms with van der Waals surface area (Å²) in [6.07, 6.45) is 1.35. The number of thiocarbonyl (C=S) groups is 1. The molecular weight excluding hydrogens is 246 g/mol. The topological polar surface area (TPSA) is 57.1 Å². The lowest BCUT2D eigenvalue weighted by molar-refractivity contribution is 0.196. The second-order valence-electron chi connectivity index (χ2n) is 3.76. The average molecular weight is 263 g/mol. The minimum Gasteiger partial charge on any atom is -0.385 e. The summed E-state index contributed by atoms with van der Waals surface area (Å²) in [4.78, 5) is 0. The summed E-state index contributed by atoms with van der Waals surface area (Å²) in [6, 6.07) is 9.77. The van der Waals surface area contributed by atoms with E-state index in [2.05, 4.69) is 16.7 Å². The Labute approximate surface area is 113 Å². The van der Waals surface area contributed by atoms with Gasteiger partial charge < -0.3 is 15.4 Å². The molecule has 0 aliphatic heterocycles. The number of rotatable bonds is 6. The summed E-state index contributed by atoms with van der Waals surface area (Å²) in [7, 11) is 1.68. The van der Waals surface area contributed by atoms with Crippen LogP contribution in [0, 0.1) is 11.3 Å². The Balaban J connectivity index is 2.33. The van der Waals surface area contributed by atoms with E-state index in [1.165, 1.54) is 0 Å². The third kappa shape index (κ3) is 5.62. The number of ether oxygens (including phenoxy) is 1. The molecule has 0 amide bonds. The van der Waals surface area contributed by atoms with Crippen LogP contribution in [0.2, 0.25) is 0 Å². The third-order valence-electron chi connectivity index (χ3n) is 2.31. The molecule has 0 aromatic heterocycles. The van der Waals surface area contributed by atoms with E-state index < -0.39 is 0 Å². The van der Waals surface area contributed by atoms with Crippen LogP contribution in [-0.2, 0) is 11.2 Å². The van der Waals surface area contributed by atoms with Crippen molar-refractivity contribution in [2.24, 2.45) is 0 Å². The van der Waals surface area contributed by atoms with Gasteiger partial charge in [-0.25, -0.2) is 0 Å². The van der Waals surface area contributed by atoms with Gasteiger partial charge in [0.1, 0.15) is 0 Å². The van der Waals surface area contributed by atoms with Crippen LogP contribution >= 0.6 is 12.2 Å². The van der Waals surface area contributed by atoms with Crippen LogP contribution in [0.4, 0.5) is 5.69 Å². The Bertz CT molecular complexity index is 411. The Kier molecular flexibility index (Phi) is 6.77. The number of nitrogens with zero attached hydrogens (tertiary/aromatic N) is 1. The Morgan fingerprint density at radius 2 is 2.11 bits per heavy atom. The molecule has 0 aliphatic rings. The highest BCUT2D eigenvalue weighted by Crippen LogP contribution is 2.09. The highest BCUT2D eigenvalue weighted by molar-refractivity contribution is 7.80. The molecule has 0 fully saturated rings. The van der Waals surface area contributed by atoms with Crippen molar-refractivity contribution in [1.82, 2.24) is 5.32 Å². The van der Waals surface area contributed by atoms with Gasteiger partial charge in [-0.1, -0.05) is 12.1 Å². The quantitative estimate of drug-likeness (QED) is 0.608. The molecule has 0 unspecified atom stereocenters. The molecule has 4 nitrogen and oxygen atoms in total. The maximum absolute atomic E-state index is 8.57. The Hall–Kier alpha value is -1.64. The number of benzene rings is 1. The highest BCUT2D eigenvalue weighted by Gasteiger charge is 1.97. The van der Waals surface area contributed by atoms with Gasteiger partial charge in [0.25, 0.3) is 0 Å². The van der Waals surface area contributed by atoms with Crippen molar-refractivity contribution in [3.05, 3.63) is 29.8 Å². The van der Waals surface area contributed by atoms with Gasteiger partial charge in [-0.15, -0.1) is 0 Å². The lowest BCUT2D eigenvalue weighted by Gasteiger charge is -2.10. The van der Waals surface area contributed by atoms with E-state index in [1.54, 1.807) is 7.11 Å². The van der Waals surface area contributed by atoms with Gasteiger partial charge in [0.2, 0.25) is 0 Å². The molecule has 0 bridgehead atoms. The van der Waals surface area contributed by atoms with E-state index in [0.717, 1.165) is 30.8 Å². The molecule has 5 heteroatoms. The van der Waals surface area contributed by atoms with E-state index in [0.29, 0.717) is 11.5 Å². The molecule has 1 aromatic rings. The zero-order valence-electron chi connectivity index (χ0n) is 10.4. The first kappa shape index (κ1) is 14.4. The fourth-order valence-electron chi connectivity index (χ4n) is 1.39. The average Bonchev–Trinajstić information content (AvgIpc) is 2.37. The second-order valence-corrected chi connectivity index (χ2v) is 4.17. The standard InChI is InChI=1S/C13H17N3OS/c1-17-10-2-9-15-13(18)16-12-5-3-11(4-6-12)7-8-14/h3-6H,2,7,9-10H2,1H3,(H2,15,16,18). The summed E-state index contributed by atoms with van der Waals surface area (Å²) in [6.45, 7) is 1.50. The van der Waals surface area contributed by atoms with Crippen molar-refractivity contribution in [2.45, 2.75) is 12.8 Å². The fourth-order valence-corrected chi connectivity index (χ4v) is 1.61. The first-order chi connectivity index (χ1) is 8.76. The van der Waals surface area contributed by atoms with Crippen molar-refractivity contribution >= 4 is 23.0 Å². The monoisotopic (exact) mass is 263 g/mol. The van der Waals surface area contributed by atoms with Gasteiger partial charge in [-0.3, -0.25) is 0 Å². The van der Waals surface area contributed by atoms with Crippen molar-refractivity contribution in [3.8, 4) is 6.07 Å². The minimum atomic E-state index is 0.431. The summed E-state index contributed by atoms with van der Waals surface area (Å²) in [5, 5.41) is 15.3. The normalized spacial score (nSPS) is 9.56. The molecule has 0 radical (unpaired) electrons. The van der Waals surface area contributed by atoms with Crippen LogP contribution in [0.25, 0.3) is 0 Å². The van der Waals surface area contributed by atoms with Crippen LogP contribution in [0.3, 0.4) is 0 Å². The van der Waals surface area contributed by atoms with Gasteiger partial charge in [0.15, 0.2) is 5.11 Å². The molecule has 96 valence electrons. The molecule has 0 aliphatic carbocycles. The number of methoxy groups -OCH3 is 1. The first-order valence-electron chi connectivity index (χ1n) is 5.76. The zero-order chi connectivity index (χ0) is 13.2. The van der Waals surface area contributed by atoms with Crippen LogP contribution in [0.1, 0.15) is 12.0 Å². The van der Waals surface area contributed by atoms with E-state index >= 15 is 0 Å². The summed E-state index contributed by atoms with van der Waals surface area (Å²) in [5.41, 5.74) is 1.92. The molecule has 0 saturated carbocycles. The van der Waals surface area contributed by atoms with Gasteiger partial charge >= 0.3 is 0 Å². The predicted octanol–water partition coefficient (Wildman–Crippen LogP) is 2.08. The molecule has 18 heavy (non-hydrogen) atoms. The lowest BCUT2D eigenvalue weighted by atomic mass is 10.1. The SMILES string of the molecule is COCCCNC(=S)Nc1ccc(CC#N)cc1. The van der Waals surface area contributed by atoms with E-state index in [4.69, 9.17) is 22.2 Å².